The van der Waals surface area contributed by atoms with Crippen LogP contribution in [0.15, 0.2) is 24.3 Å². The highest BCUT2D eigenvalue weighted by atomic mass is 19.4. The molecule has 0 aliphatic carbocycles. The molecule has 1 unspecified atom stereocenters. The van der Waals surface area contributed by atoms with E-state index in [1.54, 1.807) is 0 Å². The van der Waals surface area contributed by atoms with Gasteiger partial charge in [0.1, 0.15) is 0 Å². The number of hydrogen-bond acceptors (Lipinski definition) is 2. The van der Waals surface area contributed by atoms with Crippen LogP contribution in [-0.4, -0.2) is 23.4 Å². The highest BCUT2D eigenvalue weighted by molar-refractivity contribution is 5.25. The summed E-state index contributed by atoms with van der Waals surface area (Å²) in [6.45, 7) is 6.24. The number of alkyl halides is 3. The molecule has 0 aromatic heterocycles. The Morgan fingerprint density at radius 2 is 1.57 bits per heavy atom. The van der Waals surface area contributed by atoms with E-state index in [4.69, 9.17) is 4.74 Å². The summed E-state index contributed by atoms with van der Waals surface area (Å²) in [5.41, 5.74) is -0.651. The number of hydrogen-bond donors (Lipinski definition) is 1. The molecular formula is C16H23F3O2. The molecule has 0 bridgehead atoms. The average molecular weight is 304 g/mol. The SMILES string of the molecule is CCOC(CC)(CC)C(O)Cc1ccc(C(F)(F)F)cc1. The van der Waals surface area contributed by atoms with Crippen LogP contribution >= 0.6 is 0 Å². The summed E-state index contributed by atoms with van der Waals surface area (Å²) < 4.78 is 43.2. The van der Waals surface area contributed by atoms with Gasteiger partial charge in [0.15, 0.2) is 0 Å². The summed E-state index contributed by atoms with van der Waals surface area (Å²) in [4.78, 5) is 0. The zero-order valence-corrected chi connectivity index (χ0v) is 12.7. The molecule has 0 aliphatic rings. The van der Waals surface area contributed by atoms with E-state index in [-0.39, 0.29) is 6.42 Å². The van der Waals surface area contributed by atoms with Crippen molar-refractivity contribution in [3.8, 4) is 0 Å². The van der Waals surface area contributed by atoms with Crippen LogP contribution in [0.2, 0.25) is 0 Å². The summed E-state index contributed by atoms with van der Waals surface area (Å²) >= 11 is 0. The molecule has 0 amide bonds. The van der Waals surface area contributed by atoms with E-state index in [9.17, 15) is 18.3 Å². The Kier molecular flexibility index (Phi) is 6.23. The molecule has 0 radical (unpaired) electrons. The fraction of sp³-hybridized carbons (Fsp3) is 0.625. The van der Waals surface area contributed by atoms with Gasteiger partial charge in [-0.05, 0) is 37.5 Å². The molecule has 0 saturated carbocycles. The van der Waals surface area contributed by atoms with Crippen molar-refractivity contribution in [1.82, 2.24) is 0 Å². The van der Waals surface area contributed by atoms with E-state index in [0.717, 1.165) is 12.1 Å². The smallest absolute Gasteiger partial charge is 0.390 e. The molecule has 1 atom stereocenters. The molecule has 120 valence electrons. The van der Waals surface area contributed by atoms with Crippen molar-refractivity contribution >= 4 is 0 Å². The van der Waals surface area contributed by atoms with Crippen molar-refractivity contribution in [2.45, 2.75) is 57.9 Å². The molecule has 1 N–H and O–H groups in total. The first-order valence-electron chi connectivity index (χ1n) is 7.27. The number of ether oxygens (including phenoxy) is 1. The van der Waals surface area contributed by atoms with Gasteiger partial charge < -0.3 is 9.84 Å². The molecular weight excluding hydrogens is 281 g/mol. The Morgan fingerprint density at radius 1 is 1.05 bits per heavy atom. The van der Waals surface area contributed by atoms with E-state index < -0.39 is 23.4 Å². The van der Waals surface area contributed by atoms with Crippen LogP contribution in [-0.2, 0) is 17.3 Å². The molecule has 0 fully saturated rings. The zero-order chi connectivity index (χ0) is 16.1. The molecule has 21 heavy (non-hydrogen) atoms. The van der Waals surface area contributed by atoms with Gasteiger partial charge in [-0.25, -0.2) is 0 Å². The van der Waals surface area contributed by atoms with E-state index in [2.05, 4.69) is 0 Å². The van der Waals surface area contributed by atoms with E-state index in [0.29, 0.717) is 25.0 Å². The van der Waals surface area contributed by atoms with Crippen molar-refractivity contribution in [1.29, 1.82) is 0 Å². The normalized spacial score (nSPS) is 14.2. The van der Waals surface area contributed by atoms with Crippen LogP contribution < -0.4 is 0 Å². The van der Waals surface area contributed by atoms with Gasteiger partial charge in [-0.15, -0.1) is 0 Å². The Balaban J connectivity index is 2.84. The number of aliphatic hydroxyl groups is 1. The molecule has 0 aliphatic heterocycles. The summed E-state index contributed by atoms with van der Waals surface area (Å²) in [5.74, 6) is 0. The highest BCUT2D eigenvalue weighted by Gasteiger charge is 2.35. The predicted molar refractivity (Wildman–Crippen MR) is 76.1 cm³/mol. The summed E-state index contributed by atoms with van der Waals surface area (Å²) in [6, 6.07) is 4.91. The Morgan fingerprint density at radius 3 is 1.95 bits per heavy atom. The van der Waals surface area contributed by atoms with Gasteiger partial charge in [0, 0.05) is 13.0 Å². The lowest BCUT2D eigenvalue weighted by atomic mass is 9.86. The van der Waals surface area contributed by atoms with Crippen molar-refractivity contribution in [3.63, 3.8) is 0 Å². The minimum atomic E-state index is -4.33. The van der Waals surface area contributed by atoms with Gasteiger partial charge in [0.05, 0.1) is 17.3 Å². The van der Waals surface area contributed by atoms with Gasteiger partial charge >= 0.3 is 6.18 Å². The van der Waals surface area contributed by atoms with E-state index >= 15 is 0 Å². The summed E-state index contributed by atoms with van der Waals surface area (Å²) in [7, 11) is 0. The third kappa shape index (κ3) is 4.45. The van der Waals surface area contributed by atoms with Crippen molar-refractivity contribution < 1.29 is 23.0 Å². The second-order valence-electron chi connectivity index (χ2n) is 5.12. The molecule has 0 spiro atoms. The first-order chi connectivity index (χ1) is 9.79. The predicted octanol–water partition coefficient (Wildman–Crippen LogP) is 4.20. The average Bonchev–Trinajstić information content (AvgIpc) is 2.44. The van der Waals surface area contributed by atoms with Crippen LogP contribution in [0, 0.1) is 0 Å². The molecule has 1 aromatic carbocycles. The molecule has 2 nitrogen and oxygen atoms in total. The highest BCUT2D eigenvalue weighted by Crippen LogP contribution is 2.31. The maximum absolute atomic E-state index is 12.5. The molecule has 1 rings (SSSR count). The Hall–Kier alpha value is -1.07. The van der Waals surface area contributed by atoms with Crippen LogP contribution in [0.4, 0.5) is 13.2 Å². The van der Waals surface area contributed by atoms with Crippen LogP contribution in [0.25, 0.3) is 0 Å². The van der Waals surface area contributed by atoms with Gasteiger partial charge in [-0.1, -0.05) is 26.0 Å². The van der Waals surface area contributed by atoms with Crippen molar-refractivity contribution in [2.75, 3.05) is 6.61 Å². The van der Waals surface area contributed by atoms with E-state index in [1.807, 2.05) is 20.8 Å². The minimum absolute atomic E-state index is 0.278. The second-order valence-corrected chi connectivity index (χ2v) is 5.12. The molecule has 5 heteroatoms. The van der Waals surface area contributed by atoms with Gasteiger partial charge in [-0.3, -0.25) is 0 Å². The van der Waals surface area contributed by atoms with Gasteiger partial charge in [0.2, 0.25) is 0 Å². The Labute approximate surface area is 123 Å². The number of benzene rings is 1. The van der Waals surface area contributed by atoms with Crippen LogP contribution in [0.3, 0.4) is 0 Å². The summed E-state index contributed by atoms with van der Waals surface area (Å²) in [6.07, 6.45) is -3.50. The third-order valence-corrected chi connectivity index (χ3v) is 3.95. The largest absolute Gasteiger partial charge is 0.416 e. The number of rotatable bonds is 7. The monoisotopic (exact) mass is 304 g/mol. The standard InChI is InChI=1S/C16H23F3O2/c1-4-15(5-2,21-6-3)14(20)11-12-7-9-13(10-8-12)16(17,18)19/h7-10,14,20H,4-6,11H2,1-3H3. The van der Waals surface area contributed by atoms with Crippen LogP contribution in [0.5, 0.6) is 0 Å². The molecule has 1 aromatic rings. The molecule has 0 heterocycles. The van der Waals surface area contributed by atoms with Crippen molar-refractivity contribution in [2.24, 2.45) is 0 Å². The maximum atomic E-state index is 12.5. The van der Waals surface area contributed by atoms with Gasteiger partial charge in [0.25, 0.3) is 0 Å². The fourth-order valence-electron chi connectivity index (χ4n) is 2.55. The quantitative estimate of drug-likeness (QED) is 0.818. The number of halogens is 3. The van der Waals surface area contributed by atoms with E-state index in [1.165, 1.54) is 12.1 Å². The minimum Gasteiger partial charge on any atom is -0.390 e. The fourth-order valence-corrected chi connectivity index (χ4v) is 2.55. The van der Waals surface area contributed by atoms with Gasteiger partial charge in [-0.2, -0.15) is 13.2 Å². The number of aliphatic hydroxyl groups excluding tert-OH is 1. The first-order valence-corrected chi connectivity index (χ1v) is 7.27. The lowest BCUT2D eigenvalue weighted by Gasteiger charge is -2.36. The summed E-state index contributed by atoms with van der Waals surface area (Å²) in [5, 5.41) is 10.4. The lowest BCUT2D eigenvalue weighted by molar-refractivity contribution is -0.137. The van der Waals surface area contributed by atoms with Crippen LogP contribution in [0.1, 0.15) is 44.7 Å². The Bertz CT molecular complexity index is 422. The zero-order valence-electron chi connectivity index (χ0n) is 12.7. The first kappa shape index (κ1) is 18.0. The molecule has 0 saturated heterocycles. The lowest BCUT2D eigenvalue weighted by Crippen LogP contribution is -2.45. The maximum Gasteiger partial charge on any atom is 0.416 e. The van der Waals surface area contributed by atoms with Crippen molar-refractivity contribution in [3.05, 3.63) is 35.4 Å². The topological polar surface area (TPSA) is 29.5 Å². The second kappa shape index (κ2) is 7.27. The third-order valence-electron chi connectivity index (χ3n) is 3.95.